The smallest absolute Gasteiger partial charge is 0.0110 e. The Morgan fingerprint density at radius 1 is 1.43 bits per heavy atom. The quantitative estimate of drug-likeness (QED) is 0.709. The maximum Gasteiger partial charge on any atom is 0.0110 e. The molecular weight excluding hydrogens is 208 g/mol. The molecule has 14 heavy (non-hydrogen) atoms. The Labute approximate surface area is 95.9 Å². The van der Waals surface area contributed by atoms with E-state index in [0.717, 1.165) is 0 Å². The number of hydrogen-bond acceptors (Lipinski definition) is 2. The molecule has 1 aliphatic rings. The molecule has 0 saturated carbocycles. The van der Waals surface area contributed by atoms with E-state index in [2.05, 4.69) is 50.7 Å². The van der Waals surface area contributed by atoms with Crippen molar-refractivity contribution < 1.29 is 0 Å². The Bertz CT molecular complexity index is 333. The van der Waals surface area contributed by atoms with Gasteiger partial charge >= 0.3 is 0 Å². The van der Waals surface area contributed by atoms with Crippen LogP contribution < -0.4 is 0 Å². The summed E-state index contributed by atoms with van der Waals surface area (Å²) in [7, 11) is 0. The van der Waals surface area contributed by atoms with Crippen LogP contribution in [-0.4, -0.2) is 11.0 Å². The van der Waals surface area contributed by atoms with Gasteiger partial charge in [-0.15, -0.1) is 11.8 Å². The van der Waals surface area contributed by atoms with Gasteiger partial charge in [0.2, 0.25) is 0 Å². The Balaban J connectivity index is 2.50. The number of hydrogen-bond donors (Lipinski definition) is 1. The molecule has 0 fully saturated rings. The van der Waals surface area contributed by atoms with Gasteiger partial charge in [-0.3, -0.25) is 0 Å². The third kappa shape index (κ3) is 1.59. The molecular formula is C12H16S2. The fraction of sp³-hybridized carbons (Fsp3) is 0.500. The van der Waals surface area contributed by atoms with Crippen LogP contribution in [0, 0.1) is 0 Å². The zero-order valence-corrected chi connectivity index (χ0v) is 10.4. The van der Waals surface area contributed by atoms with Crippen LogP contribution in [0.1, 0.15) is 25.8 Å². The summed E-state index contributed by atoms with van der Waals surface area (Å²) < 4.78 is 0. The predicted molar refractivity (Wildman–Crippen MR) is 67.6 cm³/mol. The molecule has 0 bridgehead atoms. The van der Waals surface area contributed by atoms with Gasteiger partial charge in [0.05, 0.1) is 0 Å². The van der Waals surface area contributed by atoms with Gasteiger partial charge in [-0.1, -0.05) is 32.0 Å². The molecule has 2 atom stereocenters. The van der Waals surface area contributed by atoms with Crippen LogP contribution in [0.5, 0.6) is 0 Å². The monoisotopic (exact) mass is 224 g/mol. The van der Waals surface area contributed by atoms with Crippen LogP contribution in [0.3, 0.4) is 0 Å². The molecule has 76 valence electrons. The van der Waals surface area contributed by atoms with Crippen molar-refractivity contribution in [3.63, 3.8) is 0 Å². The van der Waals surface area contributed by atoms with E-state index in [1.165, 1.54) is 22.6 Å². The second-order valence-corrected chi connectivity index (χ2v) is 6.10. The molecule has 0 saturated heterocycles. The van der Waals surface area contributed by atoms with E-state index < -0.39 is 0 Å². The van der Waals surface area contributed by atoms with Crippen LogP contribution in [0.25, 0.3) is 0 Å². The zero-order valence-electron chi connectivity index (χ0n) is 8.66. The standard InChI is InChI=1S/C12H16S2/c1-9(13)12(2)7-8-14-11-6-4-3-5-10(11)12/h3-6,9,13H,7-8H2,1-2H3. The normalized spacial score (nSPS) is 28.2. The van der Waals surface area contributed by atoms with Crippen molar-refractivity contribution in [3.8, 4) is 0 Å². The van der Waals surface area contributed by atoms with Crippen molar-refractivity contribution in [2.24, 2.45) is 0 Å². The minimum atomic E-state index is 0.255. The molecule has 2 heteroatoms. The molecule has 0 aromatic heterocycles. The highest BCUT2D eigenvalue weighted by Crippen LogP contribution is 2.44. The zero-order chi connectivity index (χ0) is 10.2. The fourth-order valence-electron chi connectivity index (χ4n) is 2.01. The van der Waals surface area contributed by atoms with Crippen molar-refractivity contribution in [1.29, 1.82) is 0 Å². The summed E-state index contributed by atoms with van der Waals surface area (Å²) in [6.07, 6.45) is 1.24. The average Bonchev–Trinajstić information content (AvgIpc) is 2.18. The second-order valence-electron chi connectivity index (χ2n) is 4.19. The first kappa shape index (κ1) is 10.4. The van der Waals surface area contributed by atoms with Crippen molar-refractivity contribution in [2.45, 2.75) is 35.8 Å². The second kappa shape index (κ2) is 3.82. The molecule has 1 aromatic rings. The van der Waals surface area contributed by atoms with Crippen molar-refractivity contribution in [2.75, 3.05) is 5.75 Å². The molecule has 0 aliphatic carbocycles. The SMILES string of the molecule is CC(S)C1(C)CCSc2ccccc21. The van der Waals surface area contributed by atoms with Crippen LogP contribution in [0.15, 0.2) is 29.2 Å². The Kier molecular flexibility index (Phi) is 2.85. The van der Waals surface area contributed by atoms with E-state index in [1.807, 2.05) is 11.8 Å². The number of thiol groups is 1. The molecule has 1 aromatic carbocycles. The lowest BCUT2D eigenvalue weighted by molar-refractivity contribution is 0.443. The first-order chi connectivity index (χ1) is 6.64. The molecule has 0 radical (unpaired) electrons. The van der Waals surface area contributed by atoms with E-state index >= 15 is 0 Å². The van der Waals surface area contributed by atoms with E-state index in [0.29, 0.717) is 5.25 Å². The highest BCUT2D eigenvalue weighted by molar-refractivity contribution is 7.99. The number of thioether (sulfide) groups is 1. The molecule has 0 spiro atoms. The summed E-state index contributed by atoms with van der Waals surface area (Å²) in [4.78, 5) is 1.45. The number of benzene rings is 1. The Hall–Kier alpha value is -0.0800. The molecule has 0 N–H and O–H groups in total. The molecule has 2 rings (SSSR count). The van der Waals surface area contributed by atoms with Gasteiger partial charge in [0.15, 0.2) is 0 Å². The number of fused-ring (bicyclic) bond motifs is 1. The van der Waals surface area contributed by atoms with Crippen molar-refractivity contribution in [3.05, 3.63) is 29.8 Å². The summed E-state index contributed by atoms with van der Waals surface area (Å²) in [6, 6.07) is 8.75. The lowest BCUT2D eigenvalue weighted by Crippen LogP contribution is -2.34. The highest BCUT2D eigenvalue weighted by Gasteiger charge is 2.35. The largest absolute Gasteiger partial charge is 0.175 e. The third-order valence-corrected chi connectivity index (χ3v) is 4.95. The number of rotatable bonds is 1. The highest BCUT2D eigenvalue weighted by atomic mass is 32.2. The lowest BCUT2D eigenvalue weighted by atomic mass is 9.77. The molecule has 0 amide bonds. The van der Waals surface area contributed by atoms with Crippen LogP contribution in [-0.2, 0) is 5.41 Å². The molecule has 1 aliphatic heterocycles. The predicted octanol–water partition coefficient (Wildman–Crippen LogP) is 3.76. The molecule has 2 unspecified atom stereocenters. The summed E-state index contributed by atoms with van der Waals surface area (Å²) in [6.45, 7) is 4.54. The minimum absolute atomic E-state index is 0.255. The van der Waals surface area contributed by atoms with E-state index in [-0.39, 0.29) is 5.41 Å². The molecule has 0 nitrogen and oxygen atoms in total. The van der Waals surface area contributed by atoms with Crippen LogP contribution in [0.2, 0.25) is 0 Å². The lowest BCUT2D eigenvalue weighted by Gasteiger charge is -2.38. The van der Waals surface area contributed by atoms with E-state index in [4.69, 9.17) is 0 Å². The van der Waals surface area contributed by atoms with Gasteiger partial charge in [0.1, 0.15) is 0 Å². The summed E-state index contributed by atoms with van der Waals surface area (Å²) in [5, 5.41) is 0.421. The van der Waals surface area contributed by atoms with Gasteiger partial charge in [-0.25, -0.2) is 0 Å². The van der Waals surface area contributed by atoms with E-state index in [1.54, 1.807) is 0 Å². The first-order valence-corrected chi connectivity index (χ1v) is 6.55. The maximum atomic E-state index is 4.64. The van der Waals surface area contributed by atoms with Gasteiger partial charge in [-0.2, -0.15) is 12.6 Å². The topological polar surface area (TPSA) is 0 Å². The van der Waals surface area contributed by atoms with Gasteiger partial charge in [0.25, 0.3) is 0 Å². The van der Waals surface area contributed by atoms with Gasteiger partial charge < -0.3 is 0 Å². The molecule has 1 heterocycles. The van der Waals surface area contributed by atoms with Gasteiger partial charge in [0, 0.05) is 15.6 Å². The van der Waals surface area contributed by atoms with Crippen LogP contribution >= 0.6 is 24.4 Å². The van der Waals surface area contributed by atoms with Crippen LogP contribution in [0.4, 0.5) is 0 Å². The summed E-state index contributed by atoms with van der Waals surface area (Å²) in [5.41, 5.74) is 1.74. The Morgan fingerprint density at radius 2 is 2.14 bits per heavy atom. The fourth-order valence-corrected chi connectivity index (χ4v) is 3.65. The van der Waals surface area contributed by atoms with Crippen molar-refractivity contribution >= 4 is 24.4 Å². The summed E-state index contributed by atoms with van der Waals surface area (Å²) >= 11 is 6.62. The maximum absolute atomic E-state index is 4.64. The Morgan fingerprint density at radius 3 is 2.86 bits per heavy atom. The van der Waals surface area contributed by atoms with E-state index in [9.17, 15) is 0 Å². The first-order valence-electron chi connectivity index (χ1n) is 5.05. The summed E-state index contributed by atoms with van der Waals surface area (Å²) in [5.74, 6) is 1.22. The van der Waals surface area contributed by atoms with Gasteiger partial charge in [-0.05, 0) is 23.8 Å². The van der Waals surface area contributed by atoms with Crippen molar-refractivity contribution in [1.82, 2.24) is 0 Å². The minimum Gasteiger partial charge on any atom is -0.175 e. The third-order valence-electron chi connectivity index (χ3n) is 3.30. The average molecular weight is 224 g/mol.